The average Bonchev–Trinajstić information content (AvgIpc) is 2.37. The van der Waals surface area contributed by atoms with Crippen LogP contribution in [0.1, 0.15) is 72.1 Å². The van der Waals surface area contributed by atoms with Crippen LogP contribution in [0.4, 0.5) is 0 Å². The second kappa shape index (κ2) is 12.9. The molecule has 0 aliphatic rings. The Labute approximate surface area is 121 Å². The lowest BCUT2D eigenvalue weighted by atomic mass is 10.1. The molecule has 114 valence electrons. The van der Waals surface area contributed by atoms with Gasteiger partial charge in [0.1, 0.15) is 0 Å². The number of allylic oxidation sites excluding steroid dienone is 1. The maximum atomic E-state index is 5.77. The standard InChI is InChI=1S/C16H34O2Si/c1-5-8-9-10-11-12-13-14-15-16-19(4,17-6-2)18-7-3/h15-16H,5-14H2,1-4H3. The Bertz CT molecular complexity index is 211. The summed E-state index contributed by atoms with van der Waals surface area (Å²) in [4.78, 5) is 0. The summed E-state index contributed by atoms with van der Waals surface area (Å²) in [6.07, 6.45) is 13.0. The van der Waals surface area contributed by atoms with Crippen LogP contribution in [0.2, 0.25) is 6.55 Å². The fourth-order valence-electron chi connectivity index (χ4n) is 2.23. The van der Waals surface area contributed by atoms with Crippen molar-refractivity contribution in [2.24, 2.45) is 0 Å². The first-order valence-electron chi connectivity index (χ1n) is 8.14. The van der Waals surface area contributed by atoms with E-state index in [1.165, 1.54) is 44.9 Å². The van der Waals surface area contributed by atoms with Gasteiger partial charge in [0.05, 0.1) is 0 Å². The first-order chi connectivity index (χ1) is 9.18. The van der Waals surface area contributed by atoms with Gasteiger partial charge in [-0.3, -0.25) is 0 Å². The largest absolute Gasteiger partial charge is 0.392 e. The molecule has 0 aliphatic heterocycles. The number of unbranched alkanes of at least 4 members (excludes halogenated alkanes) is 7. The van der Waals surface area contributed by atoms with Crippen molar-refractivity contribution in [3.8, 4) is 0 Å². The zero-order valence-corrected chi connectivity index (χ0v) is 14.5. The summed E-state index contributed by atoms with van der Waals surface area (Å²) >= 11 is 0. The monoisotopic (exact) mass is 286 g/mol. The van der Waals surface area contributed by atoms with Crippen molar-refractivity contribution in [2.45, 2.75) is 78.7 Å². The quantitative estimate of drug-likeness (QED) is 0.335. The van der Waals surface area contributed by atoms with Crippen LogP contribution in [0.3, 0.4) is 0 Å². The summed E-state index contributed by atoms with van der Waals surface area (Å²) in [5.41, 5.74) is 2.21. The van der Waals surface area contributed by atoms with E-state index in [1.807, 2.05) is 13.8 Å². The van der Waals surface area contributed by atoms with Crippen molar-refractivity contribution in [3.63, 3.8) is 0 Å². The Kier molecular flexibility index (Phi) is 12.8. The molecule has 0 spiro atoms. The van der Waals surface area contributed by atoms with Crippen LogP contribution in [0, 0.1) is 0 Å². The van der Waals surface area contributed by atoms with Crippen molar-refractivity contribution in [1.29, 1.82) is 0 Å². The molecular weight excluding hydrogens is 252 g/mol. The molecule has 0 fully saturated rings. The van der Waals surface area contributed by atoms with E-state index in [0.29, 0.717) is 0 Å². The minimum absolute atomic E-state index is 0.741. The predicted octanol–water partition coefficient (Wildman–Crippen LogP) is 5.37. The molecule has 0 atom stereocenters. The fraction of sp³-hybridized carbons (Fsp3) is 0.875. The van der Waals surface area contributed by atoms with Crippen LogP contribution in [0.25, 0.3) is 0 Å². The van der Waals surface area contributed by atoms with Crippen LogP contribution >= 0.6 is 0 Å². The molecular formula is C16H34O2Si. The summed E-state index contributed by atoms with van der Waals surface area (Å²) in [6.45, 7) is 9.95. The van der Waals surface area contributed by atoms with Crippen LogP contribution in [0.15, 0.2) is 11.8 Å². The normalized spacial score (nSPS) is 12.4. The third-order valence-corrected chi connectivity index (χ3v) is 5.82. The van der Waals surface area contributed by atoms with Gasteiger partial charge in [0.15, 0.2) is 0 Å². The maximum Gasteiger partial charge on any atom is 0.361 e. The highest BCUT2D eigenvalue weighted by Crippen LogP contribution is 2.12. The van der Waals surface area contributed by atoms with Crippen LogP contribution in [0.5, 0.6) is 0 Å². The summed E-state index contributed by atoms with van der Waals surface area (Å²) in [7, 11) is -2.02. The predicted molar refractivity (Wildman–Crippen MR) is 86.6 cm³/mol. The molecule has 19 heavy (non-hydrogen) atoms. The molecule has 0 heterocycles. The third-order valence-electron chi connectivity index (χ3n) is 3.26. The van der Waals surface area contributed by atoms with E-state index in [9.17, 15) is 0 Å². The Morgan fingerprint density at radius 1 is 0.789 bits per heavy atom. The fourth-order valence-corrected chi connectivity index (χ4v) is 4.24. The third kappa shape index (κ3) is 11.4. The molecule has 0 saturated carbocycles. The number of hydrogen-bond acceptors (Lipinski definition) is 2. The molecule has 2 nitrogen and oxygen atoms in total. The lowest BCUT2D eigenvalue weighted by Gasteiger charge is -2.22. The van der Waals surface area contributed by atoms with Gasteiger partial charge in [-0.25, -0.2) is 0 Å². The van der Waals surface area contributed by atoms with Crippen LogP contribution in [-0.4, -0.2) is 21.8 Å². The van der Waals surface area contributed by atoms with Gasteiger partial charge in [-0.05, 0) is 38.9 Å². The second-order valence-electron chi connectivity index (χ2n) is 5.19. The Balaban J connectivity index is 3.63. The van der Waals surface area contributed by atoms with Crippen molar-refractivity contribution >= 4 is 8.56 Å². The summed E-state index contributed by atoms with van der Waals surface area (Å²) in [5.74, 6) is 0. The van der Waals surface area contributed by atoms with Gasteiger partial charge in [0.25, 0.3) is 0 Å². The average molecular weight is 287 g/mol. The van der Waals surface area contributed by atoms with Gasteiger partial charge in [0, 0.05) is 13.2 Å². The van der Waals surface area contributed by atoms with Crippen molar-refractivity contribution in [3.05, 3.63) is 11.8 Å². The van der Waals surface area contributed by atoms with E-state index < -0.39 is 8.56 Å². The molecule has 0 aliphatic carbocycles. The number of hydrogen-bond donors (Lipinski definition) is 0. The van der Waals surface area contributed by atoms with E-state index in [4.69, 9.17) is 8.85 Å². The molecule has 0 aromatic rings. The lowest BCUT2D eigenvalue weighted by Crippen LogP contribution is -2.36. The lowest BCUT2D eigenvalue weighted by molar-refractivity contribution is 0.201. The van der Waals surface area contributed by atoms with Gasteiger partial charge in [0.2, 0.25) is 0 Å². The van der Waals surface area contributed by atoms with E-state index in [2.05, 4.69) is 25.2 Å². The minimum Gasteiger partial charge on any atom is -0.392 e. The van der Waals surface area contributed by atoms with E-state index in [0.717, 1.165) is 19.6 Å². The smallest absolute Gasteiger partial charge is 0.361 e. The zero-order chi connectivity index (χ0) is 14.4. The van der Waals surface area contributed by atoms with Crippen molar-refractivity contribution in [2.75, 3.05) is 13.2 Å². The van der Waals surface area contributed by atoms with Gasteiger partial charge < -0.3 is 8.85 Å². The molecule has 0 N–H and O–H groups in total. The Hall–Kier alpha value is -0.123. The Morgan fingerprint density at radius 2 is 1.32 bits per heavy atom. The topological polar surface area (TPSA) is 18.5 Å². The molecule has 0 amide bonds. The zero-order valence-electron chi connectivity index (χ0n) is 13.5. The van der Waals surface area contributed by atoms with E-state index in [-0.39, 0.29) is 0 Å². The van der Waals surface area contributed by atoms with Gasteiger partial charge in [-0.15, -0.1) is 0 Å². The van der Waals surface area contributed by atoms with Gasteiger partial charge in [-0.1, -0.05) is 51.5 Å². The van der Waals surface area contributed by atoms with Crippen molar-refractivity contribution in [1.82, 2.24) is 0 Å². The second-order valence-corrected chi connectivity index (χ2v) is 8.14. The molecule has 0 bridgehead atoms. The molecule has 0 unspecified atom stereocenters. The summed E-state index contributed by atoms with van der Waals surface area (Å²) in [5, 5.41) is 0. The highest BCUT2D eigenvalue weighted by Gasteiger charge is 2.26. The Morgan fingerprint density at radius 3 is 1.84 bits per heavy atom. The molecule has 0 radical (unpaired) electrons. The van der Waals surface area contributed by atoms with Crippen LogP contribution in [-0.2, 0) is 8.85 Å². The molecule has 3 heteroatoms. The van der Waals surface area contributed by atoms with Crippen molar-refractivity contribution < 1.29 is 8.85 Å². The van der Waals surface area contributed by atoms with Crippen LogP contribution < -0.4 is 0 Å². The van der Waals surface area contributed by atoms with Gasteiger partial charge >= 0.3 is 8.56 Å². The number of rotatable bonds is 13. The van der Waals surface area contributed by atoms with E-state index in [1.54, 1.807) is 0 Å². The summed E-state index contributed by atoms with van der Waals surface area (Å²) < 4.78 is 11.5. The summed E-state index contributed by atoms with van der Waals surface area (Å²) in [6, 6.07) is 0. The van der Waals surface area contributed by atoms with E-state index >= 15 is 0 Å². The SMILES string of the molecule is CCCCCCCCCC=C[Si](C)(OCC)OCC. The molecule has 0 aromatic heterocycles. The minimum atomic E-state index is -2.02. The maximum absolute atomic E-state index is 5.77. The van der Waals surface area contributed by atoms with Gasteiger partial charge in [-0.2, -0.15) is 0 Å². The first kappa shape index (κ1) is 18.9. The highest BCUT2D eigenvalue weighted by molar-refractivity contribution is 6.71. The highest BCUT2D eigenvalue weighted by atomic mass is 28.4. The molecule has 0 saturated heterocycles. The first-order valence-corrected chi connectivity index (χ1v) is 10.5. The molecule has 0 aromatic carbocycles. The molecule has 0 rings (SSSR count).